The van der Waals surface area contributed by atoms with Crippen LogP contribution < -0.4 is 5.32 Å². The first kappa shape index (κ1) is 13.7. The fraction of sp³-hybridized carbons (Fsp3) is 0.600. The highest BCUT2D eigenvalue weighted by molar-refractivity contribution is 6.32. The van der Waals surface area contributed by atoms with Gasteiger partial charge in [-0.1, -0.05) is 11.6 Å². The standard InChI is InChI=1S/C15H22ClNO/c1-9-10(2)15(18)13(11(3)14(9)16)8-12-4-6-17-7-5-12/h12,17-18H,4-8H2,1-3H3. The van der Waals surface area contributed by atoms with Gasteiger partial charge in [0.15, 0.2) is 0 Å². The van der Waals surface area contributed by atoms with Crippen LogP contribution >= 0.6 is 11.6 Å². The fourth-order valence-electron chi connectivity index (χ4n) is 2.78. The van der Waals surface area contributed by atoms with E-state index in [2.05, 4.69) is 5.32 Å². The molecule has 1 aliphatic rings. The molecule has 0 bridgehead atoms. The van der Waals surface area contributed by atoms with Gasteiger partial charge in [0.25, 0.3) is 0 Å². The largest absolute Gasteiger partial charge is 0.507 e. The third-order valence-electron chi connectivity index (χ3n) is 4.27. The van der Waals surface area contributed by atoms with Crippen LogP contribution in [-0.4, -0.2) is 18.2 Å². The van der Waals surface area contributed by atoms with E-state index in [4.69, 9.17) is 11.6 Å². The zero-order chi connectivity index (χ0) is 13.3. The number of piperidine rings is 1. The molecule has 2 rings (SSSR count). The molecule has 0 unspecified atom stereocenters. The van der Waals surface area contributed by atoms with Crippen molar-refractivity contribution in [1.82, 2.24) is 5.32 Å². The average Bonchev–Trinajstić information content (AvgIpc) is 2.40. The van der Waals surface area contributed by atoms with E-state index >= 15 is 0 Å². The van der Waals surface area contributed by atoms with Gasteiger partial charge >= 0.3 is 0 Å². The van der Waals surface area contributed by atoms with Gasteiger partial charge in [0, 0.05) is 5.02 Å². The summed E-state index contributed by atoms with van der Waals surface area (Å²) in [5.74, 6) is 1.11. The van der Waals surface area contributed by atoms with E-state index in [-0.39, 0.29) is 0 Å². The predicted molar refractivity (Wildman–Crippen MR) is 76.6 cm³/mol. The van der Waals surface area contributed by atoms with Crippen molar-refractivity contribution in [3.63, 3.8) is 0 Å². The van der Waals surface area contributed by atoms with Crippen molar-refractivity contribution in [2.45, 2.75) is 40.0 Å². The summed E-state index contributed by atoms with van der Waals surface area (Å²) >= 11 is 6.35. The summed E-state index contributed by atoms with van der Waals surface area (Å²) in [4.78, 5) is 0. The molecule has 1 saturated heterocycles. The minimum absolute atomic E-state index is 0.452. The predicted octanol–water partition coefficient (Wildman–Crippen LogP) is 3.51. The third-order valence-corrected chi connectivity index (χ3v) is 4.83. The Morgan fingerprint density at radius 3 is 2.33 bits per heavy atom. The van der Waals surface area contributed by atoms with Gasteiger partial charge < -0.3 is 10.4 Å². The monoisotopic (exact) mass is 267 g/mol. The minimum atomic E-state index is 0.452. The summed E-state index contributed by atoms with van der Waals surface area (Å²) in [5.41, 5.74) is 4.03. The number of phenolic OH excluding ortho intramolecular Hbond substituents is 1. The second-order valence-electron chi connectivity index (χ2n) is 5.41. The molecule has 0 atom stereocenters. The maximum Gasteiger partial charge on any atom is 0.122 e. The number of hydrogen-bond donors (Lipinski definition) is 2. The molecule has 0 saturated carbocycles. The molecule has 18 heavy (non-hydrogen) atoms. The highest BCUT2D eigenvalue weighted by Crippen LogP contribution is 2.37. The first-order valence-electron chi connectivity index (χ1n) is 6.70. The van der Waals surface area contributed by atoms with Crippen molar-refractivity contribution >= 4 is 11.6 Å². The smallest absolute Gasteiger partial charge is 0.122 e. The van der Waals surface area contributed by atoms with Gasteiger partial charge in [0.2, 0.25) is 0 Å². The topological polar surface area (TPSA) is 32.3 Å². The van der Waals surface area contributed by atoms with Crippen LogP contribution in [0.3, 0.4) is 0 Å². The van der Waals surface area contributed by atoms with Gasteiger partial charge in [0.05, 0.1) is 0 Å². The van der Waals surface area contributed by atoms with Crippen molar-refractivity contribution < 1.29 is 5.11 Å². The lowest BCUT2D eigenvalue weighted by molar-refractivity contribution is 0.365. The van der Waals surface area contributed by atoms with Gasteiger partial charge in [-0.05, 0) is 81.3 Å². The molecule has 2 nitrogen and oxygen atoms in total. The molecule has 1 heterocycles. The Bertz CT molecular complexity index is 421. The number of phenols is 1. The van der Waals surface area contributed by atoms with Crippen molar-refractivity contribution in [2.24, 2.45) is 5.92 Å². The lowest BCUT2D eigenvalue weighted by Gasteiger charge is -2.25. The summed E-state index contributed by atoms with van der Waals surface area (Å²) in [6.07, 6.45) is 3.31. The summed E-state index contributed by atoms with van der Waals surface area (Å²) in [7, 11) is 0. The molecular weight excluding hydrogens is 246 g/mol. The average molecular weight is 268 g/mol. The second kappa shape index (κ2) is 5.50. The van der Waals surface area contributed by atoms with Crippen LogP contribution in [0.5, 0.6) is 5.75 Å². The van der Waals surface area contributed by atoms with E-state index in [1.165, 1.54) is 12.8 Å². The normalized spacial score (nSPS) is 17.1. The Kier molecular flexibility index (Phi) is 4.18. The molecule has 1 aromatic rings. The molecule has 1 aromatic carbocycles. The van der Waals surface area contributed by atoms with Crippen LogP contribution in [0.4, 0.5) is 0 Å². The quantitative estimate of drug-likeness (QED) is 0.859. The molecule has 0 radical (unpaired) electrons. The van der Waals surface area contributed by atoms with Crippen molar-refractivity contribution in [1.29, 1.82) is 0 Å². The Hall–Kier alpha value is -0.730. The SMILES string of the molecule is Cc1c(C)c(Cl)c(C)c(CC2CCNCC2)c1O. The summed E-state index contributed by atoms with van der Waals surface area (Å²) in [5, 5.41) is 14.5. The van der Waals surface area contributed by atoms with Crippen LogP contribution in [0.1, 0.15) is 35.1 Å². The van der Waals surface area contributed by atoms with Crippen molar-refractivity contribution in [2.75, 3.05) is 13.1 Å². The zero-order valence-electron chi connectivity index (χ0n) is 11.4. The highest BCUT2D eigenvalue weighted by atomic mass is 35.5. The van der Waals surface area contributed by atoms with Gasteiger partial charge in [-0.2, -0.15) is 0 Å². The summed E-state index contributed by atoms with van der Waals surface area (Å²) < 4.78 is 0. The summed E-state index contributed by atoms with van der Waals surface area (Å²) in [6.45, 7) is 8.11. The molecule has 0 amide bonds. The van der Waals surface area contributed by atoms with Crippen LogP contribution in [0.25, 0.3) is 0 Å². The number of nitrogens with one attached hydrogen (secondary N) is 1. The van der Waals surface area contributed by atoms with E-state index in [1.807, 2.05) is 20.8 Å². The Morgan fingerprint density at radius 1 is 1.11 bits per heavy atom. The van der Waals surface area contributed by atoms with Crippen LogP contribution in [0, 0.1) is 26.7 Å². The molecule has 0 spiro atoms. The second-order valence-corrected chi connectivity index (χ2v) is 5.79. The minimum Gasteiger partial charge on any atom is -0.507 e. The Morgan fingerprint density at radius 2 is 1.72 bits per heavy atom. The van der Waals surface area contributed by atoms with Crippen molar-refractivity contribution in [3.8, 4) is 5.75 Å². The molecule has 2 N–H and O–H groups in total. The third kappa shape index (κ3) is 2.50. The zero-order valence-corrected chi connectivity index (χ0v) is 12.2. The number of aromatic hydroxyl groups is 1. The van der Waals surface area contributed by atoms with Gasteiger partial charge in [-0.3, -0.25) is 0 Å². The van der Waals surface area contributed by atoms with Crippen LogP contribution in [0.15, 0.2) is 0 Å². The van der Waals surface area contributed by atoms with Crippen molar-refractivity contribution in [3.05, 3.63) is 27.3 Å². The maximum atomic E-state index is 10.3. The molecule has 100 valence electrons. The molecule has 0 aromatic heterocycles. The van der Waals surface area contributed by atoms with Gasteiger partial charge in [-0.15, -0.1) is 0 Å². The van der Waals surface area contributed by atoms with Crippen LogP contribution in [-0.2, 0) is 6.42 Å². The molecule has 3 heteroatoms. The van der Waals surface area contributed by atoms with Gasteiger partial charge in [0.1, 0.15) is 5.75 Å². The lowest BCUT2D eigenvalue weighted by Crippen LogP contribution is -2.28. The van der Waals surface area contributed by atoms with E-state index in [0.717, 1.165) is 46.8 Å². The first-order chi connectivity index (χ1) is 8.52. The fourth-order valence-corrected chi connectivity index (χ4v) is 3.04. The van der Waals surface area contributed by atoms with E-state index in [1.54, 1.807) is 0 Å². The van der Waals surface area contributed by atoms with Crippen LogP contribution in [0.2, 0.25) is 5.02 Å². The van der Waals surface area contributed by atoms with E-state index in [0.29, 0.717) is 11.7 Å². The highest BCUT2D eigenvalue weighted by Gasteiger charge is 2.20. The molecule has 0 aliphatic carbocycles. The lowest BCUT2D eigenvalue weighted by atomic mass is 9.87. The molecule has 1 fully saturated rings. The Labute approximate surface area is 114 Å². The first-order valence-corrected chi connectivity index (χ1v) is 7.08. The number of benzene rings is 1. The van der Waals surface area contributed by atoms with E-state index in [9.17, 15) is 5.11 Å². The number of halogens is 1. The molecular formula is C15H22ClNO. The molecule has 1 aliphatic heterocycles. The number of hydrogen-bond acceptors (Lipinski definition) is 2. The van der Waals surface area contributed by atoms with E-state index < -0.39 is 0 Å². The van der Waals surface area contributed by atoms with Gasteiger partial charge in [-0.25, -0.2) is 0 Å². The number of rotatable bonds is 2. The summed E-state index contributed by atoms with van der Waals surface area (Å²) in [6, 6.07) is 0. The maximum absolute atomic E-state index is 10.3. The Balaban J connectivity index is 2.32.